The van der Waals surface area contributed by atoms with Crippen LogP contribution >= 0.6 is 0 Å². The number of carbonyl (C=O) groups is 1. The number of nitrogens with zero attached hydrogens (tertiary/aromatic N) is 2. The molecule has 150 valence electrons. The Kier molecular flexibility index (Phi) is 5.30. The van der Waals surface area contributed by atoms with Gasteiger partial charge < -0.3 is 19.5 Å². The lowest BCUT2D eigenvalue weighted by molar-refractivity contribution is 0.182. The van der Waals surface area contributed by atoms with E-state index in [-0.39, 0.29) is 12.1 Å². The monoisotopic (exact) mass is 389 g/mol. The molecule has 2 aromatic carbocycles. The molecule has 3 aromatic rings. The van der Waals surface area contributed by atoms with Gasteiger partial charge >= 0.3 is 6.03 Å². The number of aromatic nitrogens is 1. The molecule has 0 spiro atoms. The second-order valence-corrected chi connectivity index (χ2v) is 7.47. The lowest BCUT2D eigenvalue weighted by Gasteiger charge is -2.37. The largest absolute Gasteiger partial charge is 0.494 e. The molecule has 0 aliphatic carbocycles. The molecule has 5 heteroatoms. The molecule has 0 fully saturated rings. The Morgan fingerprint density at radius 2 is 1.90 bits per heavy atom. The number of nitrogens with one attached hydrogen (secondary N) is 1. The van der Waals surface area contributed by atoms with Gasteiger partial charge in [-0.2, -0.15) is 0 Å². The normalized spacial score (nSPS) is 15.7. The van der Waals surface area contributed by atoms with Crippen molar-refractivity contribution < 1.29 is 9.53 Å². The molecule has 1 aromatic heterocycles. The van der Waals surface area contributed by atoms with Gasteiger partial charge in [-0.1, -0.05) is 29.8 Å². The minimum Gasteiger partial charge on any atom is -0.494 e. The average molecular weight is 389 g/mol. The molecule has 2 heterocycles. The molecular weight excluding hydrogens is 362 g/mol. The van der Waals surface area contributed by atoms with Crippen LogP contribution in [0.1, 0.15) is 35.3 Å². The number of hydrogen-bond donors (Lipinski definition) is 1. The number of amides is 2. The molecular formula is C24H27N3O2. The number of ether oxygens (including phenoxy) is 1. The fraction of sp³-hybridized carbons (Fsp3) is 0.292. The van der Waals surface area contributed by atoms with Crippen molar-refractivity contribution in [3.05, 3.63) is 83.2 Å². The fourth-order valence-corrected chi connectivity index (χ4v) is 4.01. The van der Waals surface area contributed by atoms with Gasteiger partial charge in [0.05, 0.1) is 12.6 Å². The van der Waals surface area contributed by atoms with Crippen molar-refractivity contribution in [2.24, 2.45) is 0 Å². The first-order valence-electron chi connectivity index (χ1n) is 10.1. The molecule has 0 unspecified atom stereocenters. The van der Waals surface area contributed by atoms with Crippen molar-refractivity contribution in [1.82, 2.24) is 9.47 Å². The average Bonchev–Trinajstić information content (AvgIpc) is 3.19. The molecule has 4 rings (SSSR count). The van der Waals surface area contributed by atoms with E-state index in [0.29, 0.717) is 13.2 Å². The maximum absolute atomic E-state index is 13.3. The highest BCUT2D eigenvalue weighted by molar-refractivity contribution is 5.90. The number of rotatable bonds is 4. The highest BCUT2D eigenvalue weighted by atomic mass is 16.5. The summed E-state index contributed by atoms with van der Waals surface area (Å²) in [5.74, 6) is 0.841. The van der Waals surface area contributed by atoms with E-state index in [1.54, 1.807) is 0 Å². The standard InChI is InChI=1S/C24H27N3O2/c1-4-29-20-10-8-19(9-11-20)23-22-6-5-13-26(22)14-15-27(23)24(28)25-21-12-7-17(2)16-18(21)3/h5-13,16,23H,4,14-15H2,1-3H3,(H,25,28)/t23-/m1/s1. The first kappa shape index (κ1) is 19.1. The van der Waals surface area contributed by atoms with Gasteiger partial charge in [0.2, 0.25) is 0 Å². The molecule has 0 bridgehead atoms. The van der Waals surface area contributed by atoms with E-state index < -0.39 is 0 Å². The first-order valence-corrected chi connectivity index (χ1v) is 10.1. The summed E-state index contributed by atoms with van der Waals surface area (Å²) < 4.78 is 7.80. The van der Waals surface area contributed by atoms with Gasteiger partial charge in [0, 0.05) is 30.7 Å². The maximum Gasteiger partial charge on any atom is 0.322 e. The highest BCUT2D eigenvalue weighted by Gasteiger charge is 2.32. The molecule has 1 aliphatic heterocycles. The molecule has 5 nitrogen and oxygen atoms in total. The van der Waals surface area contributed by atoms with E-state index >= 15 is 0 Å². The molecule has 0 saturated heterocycles. The van der Waals surface area contributed by atoms with Crippen LogP contribution in [0.5, 0.6) is 5.75 Å². The lowest BCUT2D eigenvalue weighted by atomic mass is 10.00. The number of hydrogen-bond acceptors (Lipinski definition) is 2. The Hall–Kier alpha value is -3.21. The van der Waals surface area contributed by atoms with Crippen molar-refractivity contribution in [2.75, 3.05) is 18.5 Å². The summed E-state index contributed by atoms with van der Waals surface area (Å²) in [5.41, 5.74) is 5.30. The van der Waals surface area contributed by atoms with Crippen LogP contribution < -0.4 is 10.1 Å². The van der Waals surface area contributed by atoms with Crippen LogP contribution in [0.25, 0.3) is 0 Å². The second kappa shape index (κ2) is 8.03. The molecule has 1 aliphatic rings. The van der Waals surface area contributed by atoms with E-state index in [9.17, 15) is 4.79 Å². The predicted molar refractivity (Wildman–Crippen MR) is 116 cm³/mol. The third-order valence-corrected chi connectivity index (χ3v) is 5.43. The third-order valence-electron chi connectivity index (χ3n) is 5.43. The van der Waals surface area contributed by atoms with Crippen molar-refractivity contribution in [3.63, 3.8) is 0 Å². The zero-order valence-corrected chi connectivity index (χ0v) is 17.2. The summed E-state index contributed by atoms with van der Waals surface area (Å²) in [7, 11) is 0. The molecule has 1 N–H and O–H groups in total. The Bertz CT molecular complexity index is 1010. The van der Waals surface area contributed by atoms with Crippen LogP contribution in [0, 0.1) is 13.8 Å². The second-order valence-electron chi connectivity index (χ2n) is 7.47. The molecule has 0 saturated carbocycles. The van der Waals surface area contributed by atoms with Gasteiger partial charge in [-0.15, -0.1) is 0 Å². The van der Waals surface area contributed by atoms with Crippen LogP contribution in [0.4, 0.5) is 10.5 Å². The van der Waals surface area contributed by atoms with Crippen molar-refractivity contribution >= 4 is 11.7 Å². The van der Waals surface area contributed by atoms with Crippen LogP contribution in [0.2, 0.25) is 0 Å². The van der Waals surface area contributed by atoms with Crippen LogP contribution in [0.15, 0.2) is 60.8 Å². The Labute approximate surface area is 171 Å². The maximum atomic E-state index is 13.3. The summed E-state index contributed by atoms with van der Waals surface area (Å²) >= 11 is 0. The number of aryl methyl sites for hydroxylation is 2. The summed E-state index contributed by atoms with van der Waals surface area (Å²) in [6, 6.07) is 18.0. The van der Waals surface area contributed by atoms with E-state index in [1.165, 1.54) is 5.56 Å². The van der Waals surface area contributed by atoms with Gasteiger partial charge in [-0.05, 0) is 62.2 Å². The van der Waals surface area contributed by atoms with E-state index in [1.807, 2.05) is 49.1 Å². The zero-order chi connectivity index (χ0) is 20.4. The van der Waals surface area contributed by atoms with Gasteiger partial charge in [0.25, 0.3) is 0 Å². The zero-order valence-electron chi connectivity index (χ0n) is 17.2. The summed E-state index contributed by atoms with van der Waals surface area (Å²) in [6.45, 7) is 8.12. The molecule has 2 amide bonds. The lowest BCUT2D eigenvalue weighted by Crippen LogP contribution is -2.44. The molecule has 29 heavy (non-hydrogen) atoms. The topological polar surface area (TPSA) is 46.5 Å². The number of benzene rings is 2. The third kappa shape index (κ3) is 3.86. The van der Waals surface area contributed by atoms with E-state index in [4.69, 9.17) is 4.74 Å². The smallest absolute Gasteiger partial charge is 0.322 e. The quantitative estimate of drug-likeness (QED) is 0.671. The van der Waals surface area contributed by atoms with Crippen molar-refractivity contribution in [2.45, 2.75) is 33.4 Å². The minimum atomic E-state index is -0.139. The number of carbonyl (C=O) groups excluding carboxylic acids is 1. The first-order chi connectivity index (χ1) is 14.1. The van der Waals surface area contributed by atoms with Gasteiger partial charge in [-0.3, -0.25) is 0 Å². The van der Waals surface area contributed by atoms with Crippen LogP contribution in [-0.2, 0) is 6.54 Å². The number of fused-ring (bicyclic) bond motifs is 1. The Morgan fingerprint density at radius 3 is 2.62 bits per heavy atom. The van der Waals surface area contributed by atoms with Crippen LogP contribution in [0.3, 0.4) is 0 Å². The van der Waals surface area contributed by atoms with Gasteiger partial charge in [0.1, 0.15) is 5.75 Å². The van der Waals surface area contributed by atoms with Crippen molar-refractivity contribution in [1.29, 1.82) is 0 Å². The SMILES string of the molecule is CCOc1ccc([C@@H]2c3cccn3CCN2C(=O)Nc2ccc(C)cc2C)cc1. The Balaban J connectivity index is 1.64. The predicted octanol–water partition coefficient (Wildman–Crippen LogP) is 5.14. The number of urea groups is 1. The van der Waals surface area contributed by atoms with Crippen molar-refractivity contribution in [3.8, 4) is 5.75 Å². The number of anilines is 1. The Morgan fingerprint density at radius 1 is 1.10 bits per heavy atom. The fourth-order valence-electron chi connectivity index (χ4n) is 4.01. The summed E-state index contributed by atoms with van der Waals surface area (Å²) in [4.78, 5) is 15.2. The highest BCUT2D eigenvalue weighted by Crippen LogP contribution is 2.34. The molecule has 0 radical (unpaired) electrons. The van der Waals surface area contributed by atoms with E-state index in [2.05, 4.69) is 47.3 Å². The summed E-state index contributed by atoms with van der Waals surface area (Å²) in [5, 5.41) is 3.11. The molecule has 1 atom stereocenters. The van der Waals surface area contributed by atoms with Gasteiger partial charge in [0.15, 0.2) is 0 Å². The van der Waals surface area contributed by atoms with E-state index in [0.717, 1.165) is 34.8 Å². The minimum absolute atomic E-state index is 0.0803. The summed E-state index contributed by atoms with van der Waals surface area (Å²) in [6.07, 6.45) is 2.08. The van der Waals surface area contributed by atoms with Crippen LogP contribution in [-0.4, -0.2) is 28.6 Å². The van der Waals surface area contributed by atoms with Gasteiger partial charge in [-0.25, -0.2) is 4.79 Å².